The number of benzene rings is 1. The summed E-state index contributed by atoms with van der Waals surface area (Å²) in [7, 11) is 0. The lowest BCUT2D eigenvalue weighted by atomic mass is 10.2. The van der Waals surface area contributed by atoms with Gasteiger partial charge in [0, 0.05) is 10.2 Å². The summed E-state index contributed by atoms with van der Waals surface area (Å²) >= 11 is 17.4. The molecule has 2 nitrogen and oxygen atoms in total. The monoisotopic (exact) mass is 366 g/mol. The van der Waals surface area contributed by atoms with Crippen LogP contribution in [0.4, 0.5) is 5.69 Å². The Morgan fingerprint density at radius 2 is 2.11 bits per heavy atom. The van der Waals surface area contributed by atoms with E-state index in [-0.39, 0.29) is 0 Å². The van der Waals surface area contributed by atoms with E-state index in [0.717, 1.165) is 33.9 Å². The molecule has 98 valence electrons. The van der Waals surface area contributed by atoms with Crippen molar-refractivity contribution in [2.75, 3.05) is 11.1 Å². The van der Waals surface area contributed by atoms with Crippen LogP contribution in [-0.2, 0) is 0 Å². The van der Waals surface area contributed by atoms with Crippen LogP contribution < -0.4 is 5.32 Å². The average Bonchev–Trinajstić information content (AvgIpc) is 2.34. The molecular formula is C12H13BrCl2N2S. The van der Waals surface area contributed by atoms with Crippen molar-refractivity contribution in [3.05, 3.63) is 26.7 Å². The molecule has 0 radical (unpaired) electrons. The first-order valence-electron chi connectivity index (χ1n) is 5.72. The van der Waals surface area contributed by atoms with Gasteiger partial charge in [0.05, 0.1) is 21.8 Å². The van der Waals surface area contributed by atoms with Gasteiger partial charge in [-0.15, -0.1) is 0 Å². The highest BCUT2D eigenvalue weighted by Gasteiger charge is 2.16. The molecule has 1 heterocycles. The molecule has 2 rings (SSSR count). The van der Waals surface area contributed by atoms with Crippen molar-refractivity contribution >= 4 is 61.7 Å². The maximum absolute atomic E-state index is 6.18. The summed E-state index contributed by atoms with van der Waals surface area (Å²) < 4.78 is 0.868. The number of hydrogen-bond donors (Lipinski definition) is 1. The lowest BCUT2D eigenvalue weighted by molar-refractivity contribution is 0.634. The van der Waals surface area contributed by atoms with Crippen molar-refractivity contribution in [1.82, 2.24) is 0 Å². The number of anilines is 1. The number of nitrogens with zero attached hydrogens (tertiary/aromatic N) is 1. The second kappa shape index (κ2) is 6.51. The molecule has 0 saturated heterocycles. The van der Waals surface area contributed by atoms with E-state index in [0.29, 0.717) is 16.1 Å². The zero-order valence-electron chi connectivity index (χ0n) is 9.84. The van der Waals surface area contributed by atoms with E-state index in [4.69, 9.17) is 23.2 Å². The highest BCUT2D eigenvalue weighted by Crippen LogP contribution is 2.35. The number of amidine groups is 1. The predicted octanol–water partition coefficient (Wildman–Crippen LogP) is 5.44. The second-order valence-electron chi connectivity index (χ2n) is 4.00. The van der Waals surface area contributed by atoms with Gasteiger partial charge in [0.2, 0.25) is 0 Å². The summed E-state index contributed by atoms with van der Waals surface area (Å²) in [5.74, 6) is 1.08. The molecule has 18 heavy (non-hydrogen) atoms. The normalized spacial score (nSPS) is 19.6. The van der Waals surface area contributed by atoms with Gasteiger partial charge in [-0.2, -0.15) is 0 Å². The third-order valence-electron chi connectivity index (χ3n) is 2.70. The molecule has 0 aromatic heterocycles. The number of halogens is 3. The number of hydrogen-bond acceptors (Lipinski definition) is 3. The van der Waals surface area contributed by atoms with E-state index < -0.39 is 0 Å². The molecule has 6 heteroatoms. The molecule has 0 fully saturated rings. The van der Waals surface area contributed by atoms with Crippen molar-refractivity contribution in [1.29, 1.82) is 0 Å². The quantitative estimate of drug-likeness (QED) is 0.752. The Hall–Kier alpha value is 0.1000. The molecule has 1 unspecified atom stereocenters. The first kappa shape index (κ1) is 14.5. The van der Waals surface area contributed by atoms with Gasteiger partial charge in [0.25, 0.3) is 0 Å². The molecule has 0 amide bonds. The van der Waals surface area contributed by atoms with Crippen molar-refractivity contribution < 1.29 is 0 Å². The molecule has 1 atom stereocenters. The minimum absolute atomic E-state index is 0.404. The minimum atomic E-state index is 0.404. The maximum Gasteiger partial charge on any atom is 0.161 e. The first-order valence-corrected chi connectivity index (χ1v) is 8.25. The van der Waals surface area contributed by atoms with E-state index in [1.165, 1.54) is 0 Å². The standard InChI is InChI=1S/C12H13BrCl2N2S/c1-2-8-3-4-18-12(16-8)17-11-9(14)5-7(13)6-10(11)15/h5-6,8H,2-4H2,1H3,(H,16,17). The van der Waals surface area contributed by atoms with Crippen molar-refractivity contribution in [2.45, 2.75) is 25.8 Å². The van der Waals surface area contributed by atoms with Gasteiger partial charge in [0.1, 0.15) is 0 Å². The van der Waals surface area contributed by atoms with Gasteiger partial charge in [-0.05, 0) is 25.0 Å². The van der Waals surface area contributed by atoms with Gasteiger partial charge >= 0.3 is 0 Å². The molecule has 1 aromatic rings. The molecule has 0 bridgehead atoms. The summed E-state index contributed by atoms with van der Waals surface area (Å²) in [4.78, 5) is 4.64. The minimum Gasteiger partial charge on any atom is -0.333 e. The van der Waals surface area contributed by atoms with E-state index in [9.17, 15) is 0 Å². The fourth-order valence-electron chi connectivity index (χ4n) is 1.69. The largest absolute Gasteiger partial charge is 0.333 e. The molecule has 0 spiro atoms. The number of nitrogens with one attached hydrogen (secondary N) is 1. The number of thioether (sulfide) groups is 1. The zero-order chi connectivity index (χ0) is 13.1. The van der Waals surface area contributed by atoms with Gasteiger partial charge in [0.15, 0.2) is 5.17 Å². The summed E-state index contributed by atoms with van der Waals surface area (Å²) in [6, 6.07) is 4.05. The van der Waals surface area contributed by atoms with E-state index in [1.807, 2.05) is 12.1 Å². The molecule has 0 aliphatic carbocycles. The third kappa shape index (κ3) is 3.56. The molecule has 1 aliphatic rings. The van der Waals surface area contributed by atoms with Crippen molar-refractivity contribution in [3.8, 4) is 0 Å². The number of aliphatic imine (C=N–C) groups is 1. The van der Waals surface area contributed by atoms with Crippen LogP contribution in [0, 0.1) is 0 Å². The van der Waals surface area contributed by atoms with Crippen molar-refractivity contribution in [2.24, 2.45) is 4.99 Å². The Kier molecular flexibility index (Phi) is 5.24. The Labute approximate surface area is 130 Å². The van der Waals surface area contributed by atoms with Gasteiger partial charge in [-0.1, -0.05) is 57.8 Å². The SMILES string of the molecule is CCC1CCSC(Nc2c(Cl)cc(Br)cc2Cl)=N1. The van der Waals surface area contributed by atoms with Crippen LogP contribution in [0.15, 0.2) is 21.6 Å². The summed E-state index contributed by atoms with van der Waals surface area (Å²) in [6.45, 7) is 2.15. The topological polar surface area (TPSA) is 24.4 Å². The highest BCUT2D eigenvalue weighted by molar-refractivity contribution is 9.10. The van der Waals surface area contributed by atoms with Crippen LogP contribution in [0.2, 0.25) is 10.0 Å². The van der Waals surface area contributed by atoms with E-state index >= 15 is 0 Å². The zero-order valence-corrected chi connectivity index (χ0v) is 13.8. The average molecular weight is 368 g/mol. The van der Waals surface area contributed by atoms with Crippen molar-refractivity contribution in [3.63, 3.8) is 0 Å². The number of rotatable bonds is 2. The lowest BCUT2D eigenvalue weighted by Crippen LogP contribution is -2.19. The molecule has 0 saturated carbocycles. The Morgan fingerprint density at radius 1 is 1.44 bits per heavy atom. The van der Waals surface area contributed by atoms with Crippen LogP contribution in [0.3, 0.4) is 0 Å². The van der Waals surface area contributed by atoms with Gasteiger partial charge in [-0.3, -0.25) is 4.99 Å². The van der Waals surface area contributed by atoms with Gasteiger partial charge < -0.3 is 5.32 Å². The van der Waals surface area contributed by atoms with Gasteiger partial charge in [-0.25, -0.2) is 0 Å². The van der Waals surface area contributed by atoms with Crippen LogP contribution >= 0.6 is 50.9 Å². The van der Waals surface area contributed by atoms with E-state index in [2.05, 4.69) is 33.2 Å². The van der Waals surface area contributed by atoms with Crippen LogP contribution in [0.5, 0.6) is 0 Å². The molecular weight excluding hydrogens is 355 g/mol. The first-order chi connectivity index (χ1) is 8.60. The smallest absolute Gasteiger partial charge is 0.161 e. The Morgan fingerprint density at radius 3 is 2.72 bits per heavy atom. The summed E-state index contributed by atoms with van der Waals surface area (Å²) in [6.07, 6.45) is 2.20. The summed E-state index contributed by atoms with van der Waals surface area (Å²) in [5, 5.41) is 5.33. The van der Waals surface area contributed by atoms with E-state index in [1.54, 1.807) is 11.8 Å². The van der Waals surface area contributed by atoms with Crippen LogP contribution in [0.25, 0.3) is 0 Å². The third-order valence-corrected chi connectivity index (χ3v) is 4.67. The molecule has 1 aliphatic heterocycles. The Balaban J connectivity index is 2.21. The second-order valence-corrected chi connectivity index (χ2v) is 6.82. The fourth-order valence-corrected chi connectivity index (χ4v) is 3.98. The molecule has 1 N–H and O–H groups in total. The highest BCUT2D eigenvalue weighted by atomic mass is 79.9. The Bertz CT molecular complexity index is 456. The predicted molar refractivity (Wildman–Crippen MR) is 86.4 cm³/mol. The fraction of sp³-hybridized carbons (Fsp3) is 0.417. The van der Waals surface area contributed by atoms with Crippen LogP contribution in [0.1, 0.15) is 19.8 Å². The summed E-state index contributed by atoms with van der Waals surface area (Å²) in [5.41, 5.74) is 0.726. The maximum atomic E-state index is 6.18. The lowest BCUT2D eigenvalue weighted by Gasteiger charge is -2.20. The molecule has 1 aromatic carbocycles. The van der Waals surface area contributed by atoms with Crippen LogP contribution in [-0.4, -0.2) is 17.0 Å².